The van der Waals surface area contributed by atoms with Crippen molar-refractivity contribution in [3.05, 3.63) is 11.3 Å². The molecule has 0 aromatic carbocycles. The summed E-state index contributed by atoms with van der Waals surface area (Å²) in [5.41, 5.74) is 2.46. The lowest BCUT2D eigenvalue weighted by molar-refractivity contribution is 0.208. The number of hydrogen-bond donors (Lipinski definition) is 0. The van der Waals surface area contributed by atoms with Crippen molar-refractivity contribution in [1.29, 1.82) is 0 Å². The van der Waals surface area contributed by atoms with Crippen molar-refractivity contribution in [3.63, 3.8) is 0 Å². The number of hydrogen-bond acceptors (Lipinski definition) is 3. The van der Waals surface area contributed by atoms with Gasteiger partial charge in [0.05, 0.1) is 5.69 Å². The minimum atomic E-state index is 0.649. The van der Waals surface area contributed by atoms with Gasteiger partial charge in [-0.1, -0.05) is 15.9 Å². The molecule has 0 spiro atoms. The third-order valence-electron chi connectivity index (χ3n) is 3.79. The van der Waals surface area contributed by atoms with Gasteiger partial charge >= 0.3 is 0 Å². The average molecular weight is 315 g/mol. The smallest absolute Gasteiger partial charge is 0.130 e. The minimum absolute atomic E-state index is 0.649. The third-order valence-corrected chi connectivity index (χ3v) is 4.35. The van der Waals surface area contributed by atoms with Crippen LogP contribution >= 0.6 is 15.9 Å². The molecule has 1 fully saturated rings. The molecule has 1 aromatic rings. The van der Waals surface area contributed by atoms with Gasteiger partial charge in [0.1, 0.15) is 5.82 Å². The highest BCUT2D eigenvalue weighted by Crippen LogP contribution is 2.26. The number of nitrogens with zero attached hydrogens (tertiary/aromatic N) is 4. The topological polar surface area (TPSA) is 24.3 Å². The first-order valence-electron chi connectivity index (χ1n) is 6.62. The van der Waals surface area contributed by atoms with E-state index in [1.54, 1.807) is 0 Å². The Bertz CT molecular complexity index is 405. The van der Waals surface area contributed by atoms with Crippen LogP contribution in [-0.2, 0) is 12.4 Å². The zero-order chi connectivity index (χ0) is 13.3. The van der Waals surface area contributed by atoms with Crippen molar-refractivity contribution in [2.24, 2.45) is 7.05 Å². The Morgan fingerprint density at radius 3 is 2.33 bits per heavy atom. The van der Waals surface area contributed by atoms with Gasteiger partial charge in [-0.3, -0.25) is 9.58 Å². The average Bonchev–Trinajstić information content (AvgIpc) is 2.63. The Labute approximate surface area is 118 Å². The van der Waals surface area contributed by atoms with E-state index < -0.39 is 0 Å². The van der Waals surface area contributed by atoms with Gasteiger partial charge in [-0.25, -0.2) is 0 Å². The van der Waals surface area contributed by atoms with Gasteiger partial charge in [-0.15, -0.1) is 0 Å². The van der Waals surface area contributed by atoms with Crippen LogP contribution in [0.1, 0.15) is 25.1 Å². The van der Waals surface area contributed by atoms with Crippen LogP contribution in [0.4, 0.5) is 5.82 Å². The van der Waals surface area contributed by atoms with Crippen molar-refractivity contribution in [2.45, 2.75) is 32.1 Å². The van der Waals surface area contributed by atoms with E-state index in [1.165, 1.54) is 11.4 Å². The summed E-state index contributed by atoms with van der Waals surface area (Å²) in [4.78, 5) is 5.00. The molecule has 0 aliphatic carbocycles. The van der Waals surface area contributed by atoms with Crippen LogP contribution in [0.5, 0.6) is 0 Å². The van der Waals surface area contributed by atoms with Crippen molar-refractivity contribution >= 4 is 21.7 Å². The second-order valence-corrected chi connectivity index (χ2v) is 5.82. The second-order valence-electron chi connectivity index (χ2n) is 5.26. The van der Waals surface area contributed by atoms with E-state index in [2.05, 4.69) is 51.6 Å². The number of alkyl halides is 1. The molecule has 2 rings (SSSR count). The molecule has 1 saturated heterocycles. The summed E-state index contributed by atoms with van der Waals surface area (Å²) in [6.07, 6.45) is 0. The lowest BCUT2D eigenvalue weighted by Gasteiger charge is -2.38. The zero-order valence-corrected chi connectivity index (χ0v) is 13.4. The van der Waals surface area contributed by atoms with E-state index in [0.717, 1.165) is 37.2 Å². The van der Waals surface area contributed by atoms with E-state index >= 15 is 0 Å². The number of aryl methyl sites for hydroxylation is 2. The predicted octanol–water partition coefficient (Wildman–Crippen LogP) is 2.15. The molecule has 0 amide bonds. The SMILES string of the molecule is Cc1nn(C)c(N2CCN(C(C)C)CC2)c1CBr. The van der Waals surface area contributed by atoms with Crippen molar-refractivity contribution in [2.75, 3.05) is 31.1 Å². The van der Waals surface area contributed by atoms with Gasteiger partial charge in [0, 0.05) is 50.2 Å². The number of rotatable bonds is 3. The van der Waals surface area contributed by atoms with Crippen LogP contribution in [0.3, 0.4) is 0 Å². The first-order chi connectivity index (χ1) is 8.54. The number of piperazine rings is 1. The largest absolute Gasteiger partial charge is 0.354 e. The molecule has 0 unspecified atom stereocenters. The highest BCUT2D eigenvalue weighted by molar-refractivity contribution is 9.08. The summed E-state index contributed by atoms with van der Waals surface area (Å²) in [6, 6.07) is 0.649. The molecule has 0 bridgehead atoms. The Morgan fingerprint density at radius 1 is 1.22 bits per heavy atom. The Kier molecular flexibility index (Phi) is 4.33. The van der Waals surface area contributed by atoms with Crippen LogP contribution in [0.25, 0.3) is 0 Å². The summed E-state index contributed by atoms with van der Waals surface area (Å²) in [5.74, 6) is 1.28. The predicted molar refractivity (Wildman–Crippen MR) is 79.5 cm³/mol. The summed E-state index contributed by atoms with van der Waals surface area (Å²) in [6.45, 7) is 11.1. The molecular weight excluding hydrogens is 292 g/mol. The molecule has 102 valence electrons. The number of halogens is 1. The highest BCUT2D eigenvalue weighted by Gasteiger charge is 2.24. The van der Waals surface area contributed by atoms with E-state index in [1.807, 2.05) is 11.7 Å². The summed E-state index contributed by atoms with van der Waals surface area (Å²) < 4.78 is 2.02. The normalized spacial score (nSPS) is 17.8. The Balaban J connectivity index is 2.14. The number of anilines is 1. The van der Waals surface area contributed by atoms with Crippen molar-refractivity contribution < 1.29 is 0 Å². The van der Waals surface area contributed by atoms with Crippen molar-refractivity contribution in [1.82, 2.24) is 14.7 Å². The minimum Gasteiger partial charge on any atom is -0.354 e. The van der Waals surface area contributed by atoms with Gasteiger partial charge in [0.15, 0.2) is 0 Å². The molecule has 18 heavy (non-hydrogen) atoms. The molecule has 0 atom stereocenters. The molecule has 0 radical (unpaired) electrons. The number of aromatic nitrogens is 2. The molecule has 1 aliphatic rings. The summed E-state index contributed by atoms with van der Waals surface area (Å²) >= 11 is 3.58. The maximum absolute atomic E-state index is 4.54. The van der Waals surface area contributed by atoms with Gasteiger partial charge in [-0.2, -0.15) is 5.10 Å². The van der Waals surface area contributed by atoms with Gasteiger partial charge in [0.2, 0.25) is 0 Å². The summed E-state index contributed by atoms with van der Waals surface area (Å²) in [7, 11) is 2.04. The van der Waals surface area contributed by atoms with Crippen LogP contribution in [0, 0.1) is 6.92 Å². The molecular formula is C13H23BrN4. The quantitative estimate of drug-likeness (QED) is 0.799. The van der Waals surface area contributed by atoms with Crippen LogP contribution in [0.15, 0.2) is 0 Å². The second kappa shape index (κ2) is 5.61. The fourth-order valence-electron chi connectivity index (χ4n) is 2.69. The first kappa shape index (κ1) is 13.9. The molecule has 2 heterocycles. The molecule has 1 aromatic heterocycles. The van der Waals surface area contributed by atoms with Gasteiger partial charge in [0.25, 0.3) is 0 Å². The Morgan fingerprint density at radius 2 is 1.83 bits per heavy atom. The third kappa shape index (κ3) is 2.57. The molecule has 4 nitrogen and oxygen atoms in total. The Hall–Kier alpha value is -0.550. The highest BCUT2D eigenvalue weighted by atomic mass is 79.9. The fourth-order valence-corrected chi connectivity index (χ4v) is 3.35. The maximum Gasteiger partial charge on any atom is 0.130 e. The molecule has 0 N–H and O–H groups in total. The summed E-state index contributed by atoms with van der Waals surface area (Å²) in [5, 5.41) is 5.42. The molecule has 1 aliphatic heterocycles. The van der Waals surface area contributed by atoms with Crippen LogP contribution in [-0.4, -0.2) is 46.9 Å². The van der Waals surface area contributed by atoms with Crippen molar-refractivity contribution in [3.8, 4) is 0 Å². The molecule has 0 saturated carbocycles. The monoisotopic (exact) mass is 314 g/mol. The van der Waals surface area contributed by atoms with E-state index in [0.29, 0.717) is 6.04 Å². The van der Waals surface area contributed by atoms with Crippen LogP contribution in [0.2, 0.25) is 0 Å². The zero-order valence-electron chi connectivity index (χ0n) is 11.8. The lowest BCUT2D eigenvalue weighted by Crippen LogP contribution is -2.49. The lowest BCUT2D eigenvalue weighted by atomic mass is 10.2. The van der Waals surface area contributed by atoms with Gasteiger partial charge in [-0.05, 0) is 20.8 Å². The van der Waals surface area contributed by atoms with E-state index in [-0.39, 0.29) is 0 Å². The van der Waals surface area contributed by atoms with E-state index in [4.69, 9.17) is 0 Å². The van der Waals surface area contributed by atoms with E-state index in [9.17, 15) is 0 Å². The maximum atomic E-state index is 4.54. The van der Waals surface area contributed by atoms with Crippen LogP contribution < -0.4 is 4.90 Å². The first-order valence-corrected chi connectivity index (χ1v) is 7.74. The standard InChI is InChI=1S/C13H23BrN4/c1-10(2)17-5-7-18(8-6-17)13-12(9-14)11(3)15-16(13)4/h10H,5-9H2,1-4H3. The van der Waals surface area contributed by atoms with Gasteiger partial charge < -0.3 is 4.90 Å². The fraction of sp³-hybridized carbons (Fsp3) is 0.769. The molecule has 5 heteroatoms.